The number of aliphatic hydroxyl groups excluding tert-OH is 1. The third-order valence-electron chi connectivity index (χ3n) is 3.28. The molecule has 0 aromatic heterocycles. The highest BCUT2D eigenvalue weighted by Crippen LogP contribution is 2.21. The molecule has 0 aromatic carbocycles. The number of nitrogens with zero attached hydrogens (tertiary/aromatic N) is 1. The van der Waals surface area contributed by atoms with Crippen molar-refractivity contribution in [2.24, 2.45) is 0 Å². The molecule has 3 atom stereocenters. The molecule has 2 fully saturated rings. The molecule has 0 spiro atoms. The molecule has 2 rings (SSSR count). The number of aliphatic hydroxyl groups is 1. The number of likely N-dealkylation sites (N-methyl/N-ethyl adjacent to an activating group) is 1. The van der Waals surface area contributed by atoms with Crippen LogP contribution in [0.5, 0.6) is 0 Å². The third kappa shape index (κ3) is 1.89. The van der Waals surface area contributed by atoms with E-state index in [1.807, 2.05) is 0 Å². The predicted octanol–water partition coefficient (Wildman–Crippen LogP) is -0.753. The summed E-state index contributed by atoms with van der Waals surface area (Å²) in [4.78, 5) is 24.0. The van der Waals surface area contributed by atoms with Gasteiger partial charge in [-0.05, 0) is 19.3 Å². The quantitative estimate of drug-likeness (QED) is 0.591. The van der Waals surface area contributed by atoms with E-state index in [0.29, 0.717) is 0 Å². The molecule has 2 amide bonds. The van der Waals surface area contributed by atoms with E-state index in [2.05, 4.69) is 5.32 Å². The molecule has 1 unspecified atom stereocenters. The monoisotopic (exact) mass is 212 g/mol. The number of likely N-dealkylation sites (tertiary alicyclic amines) is 1. The van der Waals surface area contributed by atoms with Gasteiger partial charge in [-0.1, -0.05) is 0 Å². The van der Waals surface area contributed by atoms with Crippen molar-refractivity contribution in [3.05, 3.63) is 0 Å². The Morgan fingerprint density at radius 3 is 2.60 bits per heavy atom. The summed E-state index contributed by atoms with van der Waals surface area (Å²) in [5.41, 5.74) is 0. The summed E-state index contributed by atoms with van der Waals surface area (Å²) in [6, 6.07) is -0.460. The van der Waals surface area contributed by atoms with Crippen molar-refractivity contribution in [1.82, 2.24) is 10.2 Å². The van der Waals surface area contributed by atoms with Gasteiger partial charge in [0.15, 0.2) is 0 Å². The second-order valence-electron chi connectivity index (χ2n) is 4.32. The number of carbonyl (C=O) groups excluding carboxylic acids is 2. The number of imide groups is 1. The van der Waals surface area contributed by atoms with Crippen LogP contribution in [-0.2, 0) is 9.59 Å². The zero-order valence-electron chi connectivity index (χ0n) is 8.77. The third-order valence-corrected chi connectivity index (χ3v) is 3.28. The maximum atomic E-state index is 11.6. The van der Waals surface area contributed by atoms with E-state index in [4.69, 9.17) is 0 Å². The normalized spacial score (nSPS) is 36.7. The van der Waals surface area contributed by atoms with Gasteiger partial charge in [0, 0.05) is 13.1 Å². The molecule has 0 radical (unpaired) electrons. The maximum absolute atomic E-state index is 11.6. The van der Waals surface area contributed by atoms with Crippen molar-refractivity contribution in [2.45, 2.75) is 43.9 Å². The Morgan fingerprint density at radius 2 is 2.13 bits per heavy atom. The number of nitrogens with one attached hydrogen (secondary N) is 1. The Bertz CT molecular complexity index is 292. The lowest BCUT2D eigenvalue weighted by Crippen LogP contribution is -2.46. The van der Waals surface area contributed by atoms with Crippen molar-refractivity contribution >= 4 is 11.8 Å². The first-order valence-electron chi connectivity index (χ1n) is 5.34. The molecule has 5 heteroatoms. The van der Waals surface area contributed by atoms with Crippen LogP contribution in [0, 0.1) is 0 Å². The molecule has 0 bridgehead atoms. The summed E-state index contributed by atoms with van der Waals surface area (Å²) in [7, 11) is 1.50. The van der Waals surface area contributed by atoms with Crippen LogP contribution in [0.25, 0.3) is 0 Å². The number of amides is 2. The van der Waals surface area contributed by atoms with Gasteiger partial charge >= 0.3 is 0 Å². The number of rotatable bonds is 2. The largest absolute Gasteiger partial charge is 0.392 e. The molecular formula is C10H16N2O3. The van der Waals surface area contributed by atoms with Crippen molar-refractivity contribution in [3.8, 4) is 0 Å². The van der Waals surface area contributed by atoms with Crippen molar-refractivity contribution in [3.63, 3.8) is 0 Å². The van der Waals surface area contributed by atoms with Gasteiger partial charge in [0.1, 0.15) is 0 Å². The van der Waals surface area contributed by atoms with Crippen molar-refractivity contribution in [1.29, 1.82) is 0 Å². The molecule has 5 nitrogen and oxygen atoms in total. The SMILES string of the molecule is CN1C(=O)CC(N[C@@H]2CCC[C@H]2O)C1=O. The summed E-state index contributed by atoms with van der Waals surface area (Å²) in [5, 5.41) is 12.7. The van der Waals surface area contributed by atoms with Crippen LogP contribution in [0.2, 0.25) is 0 Å². The summed E-state index contributed by atoms with van der Waals surface area (Å²) >= 11 is 0. The minimum absolute atomic E-state index is 0.0294. The average molecular weight is 212 g/mol. The summed E-state index contributed by atoms with van der Waals surface area (Å²) in [6.07, 6.45) is 2.48. The van der Waals surface area contributed by atoms with E-state index < -0.39 is 6.04 Å². The van der Waals surface area contributed by atoms with Crippen LogP contribution in [0.1, 0.15) is 25.7 Å². The van der Waals surface area contributed by atoms with E-state index in [1.54, 1.807) is 0 Å². The Hall–Kier alpha value is -0.940. The first-order valence-corrected chi connectivity index (χ1v) is 5.34. The summed E-state index contributed by atoms with van der Waals surface area (Å²) < 4.78 is 0. The molecule has 1 heterocycles. The zero-order valence-corrected chi connectivity index (χ0v) is 8.77. The van der Waals surface area contributed by atoms with E-state index in [-0.39, 0.29) is 30.4 Å². The van der Waals surface area contributed by atoms with Crippen LogP contribution in [0.15, 0.2) is 0 Å². The fourth-order valence-electron chi connectivity index (χ4n) is 2.28. The highest BCUT2D eigenvalue weighted by molar-refractivity contribution is 6.05. The lowest BCUT2D eigenvalue weighted by atomic mass is 10.1. The molecule has 0 aromatic rings. The fraction of sp³-hybridized carbons (Fsp3) is 0.800. The first kappa shape index (κ1) is 10.6. The topological polar surface area (TPSA) is 69.6 Å². The van der Waals surface area contributed by atoms with Crippen LogP contribution in [0.3, 0.4) is 0 Å². The standard InChI is InChI=1S/C10H16N2O3/c1-12-9(14)5-7(10(12)15)11-6-3-2-4-8(6)13/h6-8,11,13H,2-5H2,1H3/t6-,7?,8-/m1/s1. The Morgan fingerprint density at radius 1 is 1.40 bits per heavy atom. The minimum Gasteiger partial charge on any atom is -0.392 e. The number of carbonyl (C=O) groups is 2. The second kappa shape index (κ2) is 3.90. The smallest absolute Gasteiger partial charge is 0.246 e. The van der Waals surface area contributed by atoms with Gasteiger partial charge in [-0.25, -0.2) is 0 Å². The first-order chi connectivity index (χ1) is 7.09. The van der Waals surface area contributed by atoms with Crippen molar-refractivity contribution < 1.29 is 14.7 Å². The van der Waals surface area contributed by atoms with Gasteiger partial charge in [0.05, 0.1) is 18.6 Å². The van der Waals surface area contributed by atoms with E-state index in [9.17, 15) is 14.7 Å². The van der Waals surface area contributed by atoms with Crippen LogP contribution in [-0.4, -0.2) is 47.1 Å². The summed E-state index contributed by atoms with van der Waals surface area (Å²) in [5.74, 6) is -0.330. The van der Waals surface area contributed by atoms with Crippen LogP contribution in [0.4, 0.5) is 0 Å². The zero-order chi connectivity index (χ0) is 11.0. The van der Waals surface area contributed by atoms with Gasteiger partial charge in [-0.15, -0.1) is 0 Å². The van der Waals surface area contributed by atoms with Gasteiger partial charge in [0.2, 0.25) is 11.8 Å². The van der Waals surface area contributed by atoms with Gasteiger partial charge in [-0.3, -0.25) is 14.5 Å². The van der Waals surface area contributed by atoms with E-state index in [0.717, 1.165) is 24.2 Å². The Balaban J connectivity index is 1.95. The average Bonchev–Trinajstić information content (AvgIpc) is 2.69. The Kier molecular flexibility index (Phi) is 2.75. The molecule has 1 aliphatic heterocycles. The number of hydrogen-bond donors (Lipinski definition) is 2. The molecule has 15 heavy (non-hydrogen) atoms. The molecule has 1 saturated heterocycles. The van der Waals surface area contributed by atoms with Crippen molar-refractivity contribution in [2.75, 3.05) is 7.05 Å². The lowest BCUT2D eigenvalue weighted by molar-refractivity contribution is -0.137. The second-order valence-corrected chi connectivity index (χ2v) is 4.32. The molecule has 1 saturated carbocycles. The van der Waals surface area contributed by atoms with Crippen LogP contribution >= 0.6 is 0 Å². The highest BCUT2D eigenvalue weighted by atomic mass is 16.3. The summed E-state index contributed by atoms with van der Waals surface area (Å²) in [6.45, 7) is 0. The Labute approximate surface area is 88.4 Å². The predicted molar refractivity (Wildman–Crippen MR) is 53.0 cm³/mol. The van der Waals surface area contributed by atoms with E-state index >= 15 is 0 Å². The molecule has 1 aliphatic carbocycles. The highest BCUT2D eigenvalue weighted by Gasteiger charge is 2.38. The van der Waals surface area contributed by atoms with Gasteiger partial charge in [0.25, 0.3) is 0 Å². The molecular weight excluding hydrogens is 196 g/mol. The van der Waals surface area contributed by atoms with E-state index in [1.165, 1.54) is 7.05 Å². The minimum atomic E-state index is -0.430. The molecule has 2 N–H and O–H groups in total. The molecule has 2 aliphatic rings. The van der Waals surface area contributed by atoms with Gasteiger partial charge in [-0.2, -0.15) is 0 Å². The van der Waals surface area contributed by atoms with Gasteiger partial charge < -0.3 is 10.4 Å². The van der Waals surface area contributed by atoms with Crippen LogP contribution < -0.4 is 5.32 Å². The molecule has 84 valence electrons. The fourth-order valence-corrected chi connectivity index (χ4v) is 2.28. The number of hydrogen-bond acceptors (Lipinski definition) is 4. The lowest BCUT2D eigenvalue weighted by Gasteiger charge is -2.19. The maximum Gasteiger partial charge on any atom is 0.246 e.